The summed E-state index contributed by atoms with van der Waals surface area (Å²) in [5, 5.41) is 4.70. The van der Waals surface area contributed by atoms with E-state index in [9.17, 15) is 4.79 Å². The van der Waals surface area contributed by atoms with Crippen LogP contribution in [-0.4, -0.2) is 33.7 Å². The van der Waals surface area contributed by atoms with Crippen molar-refractivity contribution in [2.24, 2.45) is 7.05 Å². The summed E-state index contributed by atoms with van der Waals surface area (Å²) in [6, 6.07) is 0. The van der Waals surface area contributed by atoms with Crippen LogP contribution in [0.3, 0.4) is 0 Å². The van der Waals surface area contributed by atoms with Crippen LogP contribution in [0.4, 0.5) is 0 Å². The summed E-state index contributed by atoms with van der Waals surface area (Å²) >= 11 is 6.09. The number of aromatic nitrogens is 2. The molecule has 0 fully saturated rings. The van der Waals surface area contributed by atoms with E-state index < -0.39 is 0 Å². The van der Waals surface area contributed by atoms with Gasteiger partial charge >= 0.3 is 0 Å². The fourth-order valence-electron chi connectivity index (χ4n) is 1.66. The van der Waals surface area contributed by atoms with Gasteiger partial charge in [0.25, 0.3) is 0 Å². The molecule has 0 aliphatic heterocycles. The Hall–Kier alpha value is -1.81. The maximum atomic E-state index is 12.0. The van der Waals surface area contributed by atoms with Crippen molar-refractivity contribution in [1.82, 2.24) is 14.7 Å². The molecule has 0 atom stereocenters. The third kappa shape index (κ3) is 3.83. The van der Waals surface area contributed by atoms with Gasteiger partial charge in [0.15, 0.2) is 0 Å². The number of rotatable bonds is 6. The second-order valence-corrected chi connectivity index (χ2v) is 4.43. The normalized spacial score (nSPS) is 10.7. The lowest BCUT2D eigenvalue weighted by molar-refractivity contribution is -0.124. The van der Waals surface area contributed by atoms with Crippen LogP contribution < -0.4 is 0 Å². The van der Waals surface area contributed by atoms with E-state index in [1.165, 1.54) is 6.08 Å². The molecule has 0 N–H and O–H groups in total. The summed E-state index contributed by atoms with van der Waals surface area (Å²) < 4.78 is 1.58. The van der Waals surface area contributed by atoms with Crippen LogP contribution in [0.15, 0.2) is 31.4 Å². The average molecular weight is 280 g/mol. The second-order valence-electron chi connectivity index (χ2n) is 4.07. The van der Waals surface area contributed by atoms with E-state index in [1.54, 1.807) is 34.9 Å². The molecule has 0 bridgehead atoms. The van der Waals surface area contributed by atoms with Gasteiger partial charge in [0.05, 0.1) is 5.69 Å². The van der Waals surface area contributed by atoms with Crippen LogP contribution in [0.25, 0.3) is 6.08 Å². The van der Waals surface area contributed by atoms with Gasteiger partial charge in [-0.1, -0.05) is 23.8 Å². The molecule has 0 radical (unpaired) electrons. The van der Waals surface area contributed by atoms with Gasteiger partial charge in [-0.3, -0.25) is 9.48 Å². The van der Waals surface area contributed by atoms with Crippen molar-refractivity contribution in [2.75, 3.05) is 13.1 Å². The molecule has 0 saturated heterocycles. The Labute approximate surface area is 118 Å². The zero-order valence-electron chi connectivity index (χ0n) is 11.3. The summed E-state index contributed by atoms with van der Waals surface area (Å²) in [5.41, 5.74) is 1.55. The number of hydrogen-bond donors (Lipinski definition) is 0. The summed E-state index contributed by atoms with van der Waals surface area (Å²) in [5.74, 6) is -0.112. The van der Waals surface area contributed by atoms with Gasteiger partial charge in [0.2, 0.25) is 5.91 Å². The Morgan fingerprint density at radius 3 is 2.42 bits per heavy atom. The zero-order valence-corrected chi connectivity index (χ0v) is 12.0. The van der Waals surface area contributed by atoms with E-state index in [-0.39, 0.29) is 5.91 Å². The predicted octanol–water partition coefficient (Wildman–Crippen LogP) is 2.60. The molecule has 19 heavy (non-hydrogen) atoms. The summed E-state index contributed by atoms with van der Waals surface area (Å²) in [6.45, 7) is 10.1. The fourth-order valence-corrected chi connectivity index (χ4v) is 1.90. The smallest absolute Gasteiger partial charge is 0.247 e. The summed E-state index contributed by atoms with van der Waals surface area (Å²) in [4.78, 5) is 13.6. The Morgan fingerprint density at radius 1 is 1.42 bits per heavy atom. The first kappa shape index (κ1) is 15.2. The molecule has 1 rings (SSSR count). The molecular weight excluding hydrogens is 262 g/mol. The quantitative estimate of drug-likeness (QED) is 0.593. The van der Waals surface area contributed by atoms with E-state index in [0.29, 0.717) is 18.2 Å². The van der Waals surface area contributed by atoms with Gasteiger partial charge in [0, 0.05) is 31.8 Å². The largest absolute Gasteiger partial charge is 0.332 e. The van der Waals surface area contributed by atoms with Crippen molar-refractivity contribution in [1.29, 1.82) is 0 Å². The number of carbonyl (C=O) groups is 1. The van der Waals surface area contributed by atoms with Gasteiger partial charge in [0.1, 0.15) is 5.15 Å². The lowest BCUT2D eigenvalue weighted by atomic mass is 10.2. The average Bonchev–Trinajstić information content (AvgIpc) is 2.61. The second kappa shape index (κ2) is 6.95. The third-order valence-electron chi connectivity index (χ3n) is 2.60. The molecular formula is C14H18ClN3O. The first-order valence-electron chi connectivity index (χ1n) is 5.89. The van der Waals surface area contributed by atoms with Crippen LogP contribution in [0, 0.1) is 6.92 Å². The first-order chi connectivity index (χ1) is 9.01. The standard InChI is InChI=1S/C14H18ClN3O/c1-5-9-18(10-6-2)13(19)8-7-12-11(3)16-17(4)14(12)15/h5-8H,1-2,9-10H2,3-4H3/b8-7+. The molecule has 0 unspecified atom stereocenters. The molecule has 0 aliphatic rings. The Morgan fingerprint density at radius 2 is 2.00 bits per heavy atom. The number of nitrogens with zero attached hydrogens (tertiary/aromatic N) is 3. The molecule has 1 heterocycles. The van der Waals surface area contributed by atoms with Crippen LogP contribution in [0.2, 0.25) is 5.15 Å². The molecule has 0 spiro atoms. The van der Waals surface area contributed by atoms with Crippen LogP contribution in [0.1, 0.15) is 11.3 Å². The van der Waals surface area contributed by atoms with E-state index >= 15 is 0 Å². The van der Waals surface area contributed by atoms with Crippen molar-refractivity contribution >= 4 is 23.6 Å². The summed E-state index contributed by atoms with van der Waals surface area (Å²) in [6.07, 6.45) is 6.53. The molecule has 1 aromatic rings. The highest BCUT2D eigenvalue weighted by Gasteiger charge is 2.10. The van der Waals surface area contributed by atoms with Gasteiger partial charge in [-0.15, -0.1) is 13.2 Å². The lowest BCUT2D eigenvalue weighted by Crippen LogP contribution is -2.29. The number of carbonyl (C=O) groups excluding carboxylic acids is 1. The van der Waals surface area contributed by atoms with E-state index in [4.69, 9.17) is 11.6 Å². The highest BCUT2D eigenvalue weighted by Crippen LogP contribution is 2.20. The number of halogens is 1. The van der Waals surface area contributed by atoms with Crippen LogP contribution in [-0.2, 0) is 11.8 Å². The molecule has 1 aromatic heterocycles. The fraction of sp³-hybridized carbons (Fsp3) is 0.286. The molecule has 1 amide bonds. The molecule has 102 valence electrons. The van der Waals surface area contributed by atoms with Crippen molar-refractivity contribution in [3.63, 3.8) is 0 Å². The number of amides is 1. The monoisotopic (exact) mass is 279 g/mol. The third-order valence-corrected chi connectivity index (χ3v) is 3.05. The predicted molar refractivity (Wildman–Crippen MR) is 79.0 cm³/mol. The van der Waals surface area contributed by atoms with Crippen molar-refractivity contribution in [3.8, 4) is 0 Å². The van der Waals surface area contributed by atoms with Crippen LogP contribution >= 0.6 is 11.6 Å². The SMILES string of the molecule is C=CCN(CC=C)C(=O)/C=C/c1c(C)nn(C)c1Cl. The minimum Gasteiger partial charge on any atom is -0.332 e. The van der Waals surface area contributed by atoms with Crippen molar-refractivity contribution in [3.05, 3.63) is 47.8 Å². The lowest BCUT2D eigenvalue weighted by Gasteiger charge is -2.16. The highest BCUT2D eigenvalue weighted by molar-refractivity contribution is 6.31. The highest BCUT2D eigenvalue weighted by atomic mass is 35.5. The van der Waals surface area contributed by atoms with E-state index in [0.717, 1.165) is 11.3 Å². The van der Waals surface area contributed by atoms with Gasteiger partial charge in [-0.25, -0.2) is 0 Å². The van der Waals surface area contributed by atoms with Gasteiger partial charge in [-0.05, 0) is 13.0 Å². The minimum atomic E-state index is -0.112. The zero-order chi connectivity index (χ0) is 14.4. The maximum absolute atomic E-state index is 12.0. The molecule has 0 aromatic carbocycles. The van der Waals surface area contributed by atoms with Crippen molar-refractivity contribution in [2.45, 2.75) is 6.92 Å². The van der Waals surface area contributed by atoms with Gasteiger partial charge in [-0.2, -0.15) is 5.10 Å². The molecule has 4 nitrogen and oxygen atoms in total. The summed E-state index contributed by atoms with van der Waals surface area (Å²) in [7, 11) is 1.76. The molecule has 0 saturated carbocycles. The first-order valence-corrected chi connectivity index (χ1v) is 6.27. The number of aryl methyl sites for hydroxylation is 2. The number of hydrogen-bond acceptors (Lipinski definition) is 2. The Balaban J connectivity index is 2.87. The van der Waals surface area contributed by atoms with E-state index in [2.05, 4.69) is 18.3 Å². The van der Waals surface area contributed by atoms with E-state index in [1.807, 2.05) is 6.92 Å². The Bertz CT molecular complexity index is 507. The topological polar surface area (TPSA) is 38.1 Å². The van der Waals surface area contributed by atoms with Crippen molar-refractivity contribution < 1.29 is 4.79 Å². The maximum Gasteiger partial charge on any atom is 0.247 e. The molecule has 0 aliphatic carbocycles. The molecule has 5 heteroatoms. The van der Waals surface area contributed by atoms with Gasteiger partial charge < -0.3 is 4.90 Å². The Kier molecular flexibility index (Phi) is 5.57. The van der Waals surface area contributed by atoms with Crippen LogP contribution in [0.5, 0.6) is 0 Å². The minimum absolute atomic E-state index is 0.112.